The van der Waals surface area contributed by atoms with Gasteiger partial charge in [-0.25, -0.2) is 8.42 Å². The Kier molecular flexibility index (Phi) is 7.00. The van der Waals surface area contributed by atoms with Gasteiger partial charge in [-0.3, -0.25) is 0 Å². The van der Waals surface area contributed by atoms with E-state index >= 15 is 0 Å². The van der Waals surface area contributed by atoms with Crippen LogP contribution in [0.5, 0.6) is 0 Å². The SMILES string of the molecule is C=C(C(C)C)C([C@H](O)[C@@H](C)[C@H]1CC[C@H]2[C@@H]3C[C@@H](OC)[C@]45C[C@H]4CC[C@]5(C)[C@H]3CC[C@]12C)S(=O)(=O)c1ccccc1. The second-order valence-electron chi connectivity index (χ2n) is 15.3. The lowest BCUT2D eigenvalue weighted by Gasteiger charge is -2.61. The molecule has 1 aromatic carbocycles. The quantitative estimate of drug-likeness (QED) is 0.334. The van der Waals surface area contributed by atoms with Gasteiger partial charge in [0.15, 0.2) is 9.84 Å². The summed E-state index contributed by atoms with van der Waals surface area (Å²) in [5.41, 5.74) is 1.55. The Morgan fingerprint density at radius 2 is 1.73 bits per heavy atom. The lowest BCUT2D eigenvalue weighted by molar-refractivity contribution is -0.162. The number of aliphatic hydroxyl groups excluding tert-OH is 1. The van der Waals surface area contributed by atoms with Gasteiger partial charge in [-0.15, -0.1) is 0 Å². The van der Waals surface area contributed by atoms with Gasteiger partial charge in [0.2, 0.25) is 0 Å². The Morgan fingerprint density at radius 3 is 2.35 bits per heavy atom. The molecule has 0 amide bonds. The molecule has 5 heteroatoms. The molecule has 0 aromatic heterocycles. The molecule has 5 aliphatic carbocycles. The number of methoxy groups -OCH3 is 1. The Balaban J connectivity index is 1.29. The van der Waals surface area contributed by atoms with E-state index in [1.165, 1.54) is 44.9 Å². The standard InChI is InChI=1S/C35H52O4S/c1-21(2)22(3)32(40(37,38)25-11-9-8-10-12-25)31(36)23(4)27-13-14-28-26-19-30(39-7)35-20-24(35)15-18-34(35,6)29(26)16-17-33(27,28)5/h8-12,21,23-24,26-32,36H,3,13-20H2,1-2,4-7H3/t23-,24+,26-,27+,28-,29-,30+,31+,32?,33+,34+,35-/m0/s1. The van der Waals surface area contributed by atoms with E-state index in [0.717, 1.165) is 18.3 Å². The molecule has 1 N–H and O–H groups in total. The number of sulfone groups is 1. The summed E-state index contributed by atoms with van der Waals surface area (Å²) in [4.78, 5) is 0.272. The van der Waals surface area contributed by atoms with E-state index in [0.29, 0.717) is 40.3 Å². The third-order valence-corrected chi connectivity index (χ3v) is 16.1. The van der Waals surface area contributed by atoms with Crippen molar-refractivity contribution in [1.82, 2.24) is 0 Å². The normalized spacial score (nSPS) is 44.2. The van der Waals surface area contributed by atoms with Crippen LogP contribution in [-0.2, 0) is 14.6 Å². The maximum atomic E-state index is 14.0. The third-order valence-electron chi connectivity index (χ3n) is 13.9. The molecule has 0 saturated heterocycles. The van der Waals surface area contributed by atoms with Crippen molar-refractivity contribution in [3.05, 3.63) is 42.5 Å². The Hall–Kier alpha value is -1.17. The van der Waals surface area contributed by atoms with E-state index in [9.17, 15) is 13.5 Å². The van der Waals surface area contributed by atoms with Crippen LogP contribution in [0.4, 0.5) is 0 Å². The number of hydrogen-bond acceptors (Lipinski definition) is 4. The Morgan fingerprint density at radius 1 is 1.02 bits per heavy atom. The first-order valence-corrected chi connectivity index (χ1v) is 17.6. The Labute approximate surface area is 243 Å². The number of benzene rings is 1. The lowest BCUT2D eigenvalue weighted by atomic mass is 9.45. The summed E-state index contributed by atoms with van der Waals surface area (Å²) < 4.78 is 34.3. The topological polar surface area (TPSA) is 63.6 Å². The fraction of sp³-hybridized carbons (Fsp3) is 0.771. The van der Waals surface area contributed by atoms with E-state index in [1.807, 2.05) is 27.0 Å². The highest BCUT2D eigenvalue weighted by Gasteiger charge is 2.77. The van der Waals surface area contributed by atoms with Crippen molar-refractivity contribution in [2.24, 2.45) is 57.7 Å². The number of ether oxygens (including phenoxy) is 1. The second kappa shape index (κ2) is 9.67. The molecule has 12 atom stereocenters. The van der Waals surface area contributed by atoms with E-state index in [4.69, 9.17) is 4.74 Å². The van der Waals surface area contributed by atoms with E-state index in [1.54, 1.807) is 24.3 Å². The summed E-state index contributed by atoms with van der Waals surface area (Å²) in [6, 6.07) is 8.65. The van der Waals surface area contributed by atoms with Gasteiger partial charge >= 0.3 is 0 Å². The molecule has 1 spiro atoms. The number of rotatable bonds is 8. The Bertz CT molecular complexity index is 1240. The summed E-state index contributed by atoms with van der Waals surface area (Å²) >= 11 is 0. The summed E-state index contributed by atoms with van der Waals surface area (Å²) in [5, 5.41) is 11.0. The molecule has 4 nitrogen and oxygen atoms in total. The summed E-state index contributed by atoms with van der Waals surface area (Å²) in [7, 11) is -1.84. The van der Waals surface area contributed by atoms with Gasteiger partial charge in [-0.2, -0.15) is 0 Å². The average Bonchev–Trinajstić information content (AvgIpc) is 3.44. The molecule has 5 saturated carbocycles. The van der Waals surface area contributed by atoms with E-state index in [2.05, 4.69) is 27.4 Å². The zero-order chi connectivity index (χ0) is 28.8. The van der Waals surface area contributed by atoms with Gasteiger partial charge in [0.05, 0.1) is 17.1 Å². The molecule has 222 valence electrons. The molecule has 5 aliphatic rings. The fourth-order valence-electron chi connectivity index (χ4n) is 11.7. The molecule has 6 rings (SSSR count). The molecule has 0 heterocycles. The van der Waals surface area contributed by atoms with Crippen LogP contribution in [0.15, 0.2) is 47.4 Å². The van der Waals surface area contributed by atoms with Crippen LogP contribution in [0.25, 0.3) is 0 Å². The smallest absolute Gasteiger partial charge is 0.187 e. The molecular formula is C35H52O4S. The van der Waals surface area contributed by atoms with Crippen molar-refractivity contribution in [1.29, 1.82) is 0 Å². The zero-order valence-electron chi connectivity index (χ0n) is 25.6. The van der Waals surface area contributed by atoms with Crippen molar-refractivity contribution in [3.63, 3.8) is 0 Å². The van der Waals surface area contributed by atoms with Crippen LogP contribution in [0.3, 0.4) is 0 Å². The lowest BCUT2D eigenvalue weighted by Crippen LogP contribution is -2.57. The summed E-state index contributed by atoms with van der Waals surface area (Å²) in [6.45, 7) is 15.4. The van der Waals surface area contributed by atoms with Crippen molar-refractivity contribution in [2.45, 2.75) is 108 Å². The van der Waals surface area contributed by atoms with Gasteiger partial charge in [0, 0.05) is 12.5 Å². The summed E-state index contributed by atoms with van der Waals surface area (Å²) in [5.74, 6) is 3.07. The van der Waals surface area contributed by atoms with Crippen LogP contribution in [0.2, 0.25) is 0 Å². The fourth-order valence-corrected chi connectivity index (χ4v) is 13.8. The van der Waals surface area contributed by atoms with Crippen LogP contribution < -0.4 is 0 Å². The maximum Gasteiger partial charge on any atom is 0.187 e. The van der Waals surface area contributed by atoms with Crippen LogP contribution in [0, 0.1) is 57.7 Å². The first-order chi connectivity index (χ1) is 18.8. The first kappa shape index (κ1) is 28.9. The highest BCUT2D eigenvalue weighted by atomic mass is 32.2. The second-order valence-corrected chi connectivity index (χ2v) is 17.4. The highest BCUT2D eigenvalue weighted by molar-refractivity contribution is 7.92. The van der Waals surface area contributed by atoms with Gasteiger partial charge < -0.3 is 9.84 Å². The predicted molar refractivity (Wildman–Crippen MR) is 160 cm³/mol. The van der Waals surface area contributed by atoms with Gasteiger partial charge in [-0.1, -0.05) is 65.0 Å². The van der Waals surface area contributed by atoms with Crippen LogP contribution in [0.1, 0.15) is 86.0 Å². The van der Waals surface area contributed by atoms with Crippen molar-refractivity contribution < 1.29 is 18.3 Å². The predicted octanol–water partition coefficient (Wildman–Crippen LogP) is 7.32. The molecule has 1 unspecified atom stereocenters. The van der Waals surface area contributed by atoms with E-state index < -0.39 is 21.2 Å². The minimum atomic E-state index is -3.78. The zero-order valence-corrected chi connectivity index (χ0v) is 26.4. The molecular weight excluding hydrogens is 516 g/mol. The van der Waals surface area contributed by atoms with Gasteiger partial charge in [0.1, 0.15) is 5.25 Å². The molecule has 0 bridgehead atoms. The largest absolute Gasteiger partial charge is 0.391 e. The molecule has 0 radical (unpaired) electrons. The van der Waals surface area contributed by atoms with Gasteiger partial charge in [0.25, 0.3) is 0 Å². The van der Waals surface area contributed by atoms with Crippen molar-refractivity contribution in [2.75, 3.05) is 7.11 Å². The van der Waals surface area contributed by atoms with Gasteiger partial charge in [-0.05, 0) is 116 Å². The van der Waals surface area contributed by atoms with E-state index in [-0.39, 0.29) is 22.1 Å². The van der Waals surface area contributed by atoms with Crippen molar-refractivity contribution in [3.8, 4) is 0 Å². The minimum Gasteiger partial charge on any atom is -0.391 e. The number of hydrogen-bond donors (Lipinski definition) is 1. The molecule has 1 aromatic rings. The van der Waals surface area contributed by atoms with Crippen LogP contribution >= 0.6 is 0 Å². The molecule has 5 fully saturated rings. The van der Waals surface area contributed by atoms with Crippen molar-refractivity contribution >= 4 is 9.84 Å². The number of fused-ring (bicyclic) bond motifs is 4. The number of aliphatic hydroxyl groups is 1. The third kappa shape index (κ3) is 3.78. The molecule has 40 heavy (non-hydrogen) atoms. The van der Waals surface area contributed by atoms with Crippen LogP contribution in [-0.4, -0.2) is 38.1 Å². The maximum absolute atomic E-state index is 14.0. The first-order valence-electron chi connectivity index (χ1n) is 16.0. The highest BCUT2D eigenvalue weighted by Crippen LogP contribution is 2.82. The summed E-state index contributed by atoms with van der Waals surface area (Å²) in [6.07, 6.45) is 9.40. The minimum absolute atomic E-state index is 0.0355. The molecule has 0 aliphatic heterocycles. The average molecular weight is 569 g/mol. The monoisotopic (exact) mass is 568 g/mol.